The van der Waals surface area contributed by atoms with Crippen molar-refractivity contribution in [3.8, 4) is 0 Å². The summed E-state index contributed by atoms with van der Waals surface area (Å²) in [7, 11) is 0. The molecule has 0 saturated heterocycles. The Hall–Kier alpha value is -0.190. The quantitative estimate of drug-likeness (QED) is 0.609. The molecule has 0 aliphatic rings. The van der Waals surface area contributed by atoms with Gasteiger partial charge in [0, 0.05) is 6.54 Å². The molecule has 0 saturated carbocycles. The van der Waals surface area contributed by atoms with Crippen molar-refractivity contribution in [2.24, 2.45) is 5.73 Å². The Bertz CT molecular complexity index is 205. The van der Waals surface area contributed by atoms with Gasteiger partial charge in [0.05, 0.1) is 11.0 Å². The fraction of sp³-hybridized carbons (Fsp3) is 0.923. The molecule has 0 bridgehead atoms. The molecule has 0 aliphatic heterocycles. The van der Waals surface area contributed by atoms with Crippen LogP contribution in [0.2, 0.25) is 0 Å². The SMILES string of the molecule is CCC(C(N)=S)N(CC)CCCN(CC)CC. The van der Waals surface area contributed by atoms with Gasteiger partial charge in [0.1, 0.15) is 0 Å². The van der Waals surface area contributed by atoms with Crippen LogP contribution in [-0.2, 0) is 0 Å². The monoisotopic (exact) mass is 259 g/mol. The molecule has 17 heavy (non-hydrogen) atoms. The highest BCUT2D eigenvalue weighted by Crippen LogP contribution is 2.06. The molecule has 1 unspecified atom stereocenters. The van der Waals surface area contributed by atoms with E-state index in [1.165, 1.54) is 6.42 Å². The summed E-state index contributed by atoms with van der Waals surface area (Å²) in [6.45, 7) is 14.3. The number of nitrogens with two attached hydrogens (primary N) is 1. The zero-order valence-electron chi connectivity index (χ0n) is 11.9. The number of likely N-dealkylation sites (N-methyl/N-ethyl adjacent to an activating group) is 1. The fourth-order valence-corrected chi connectivity index (χ4v) is 2.53. The van der Waals surface area contributed by atoms with Gasteiger partial charge in [-0.05, 0) is 39.0 Å². The summed E-state index contributed by atoms with van der Waals surface area (Å²) in [4.78, 5) is 5.48. The highest BCUT2D eigenvalue weighted by Gasteiger charge is 2.17. The lowest BCUT2D eigenvalue weighted by atomic mass is 10.1. The van der Waals surface area contributed by atoms with Gasteiger partial charge in [0.15, 0.2) is 0 Å². The van der Waals surface area contributed by atoms with Crippen LogP contribution in [0.15, 0.2) is 0 Å². The van der Waals surface area contributed by atoms with Crippen LogP contribution < -0.4 is 5.73 Å². The largest absolute Gasteiger partial charge is 0.392 e. The lowest BCUT2D eigenvalue weighted by molar-refractivity contribution is 0.221. The molecule has 0 aliphatic carbocycles. The summed E-state index contributed by atoms with van der Waals surface area (Å²) >= 11 is 5.13. The molecule has 0 aromatic rings. The molecule has 0 radical (unpaired) electrons. The molecule has 0 aromatic heterocycles. The zero-order chi connectivity index (χ0) is 13.3. The van der Waals surface area contributed by atoms with Crippen LogP contribution in [0.25, 0.3) is 0 Å². The number of hydrogen-bond donors (Lipinski definition) is 1. The van der Waals surface area contributed by atoms with Crippen LogP contribution in [0.1, 0.15) is 40.5 Å². The van der Waals surface area contributed by atoms with E-state index in [2.05, 4.69) is 37.5 Å². The van der Waals surface area contributed by atoms with E-state index < -0.39 is 0 Å². The molecule has 4 heteroatoms. The summed E-state index contributed by atoms with van der Waals surface area (Å²) < 4.78 is 0. The van der Waals surface area contributed by atoms with Crippen LogP contribution in [0, 0.1) is 0 Å². The standard InChI is InChI=1S/C13H29N3S/c1-5-12(13(14)17)16(8-4)11-9-10-15(6-2)7-3/h12H,5-11H2,1-4H3,(H2,14,17). The first-order chi connectivity index (χ1) is 8.10. The Morgan fingerprint density at radius 2 is 1.65 bits per heavy atom. The molecule has 102 valence electrons. The van der Waals surface area contributed by atoms with Crippen LogP contribution in [0.5, 0.6) is 0 Å². The summed E-state index contributed by atoms with van der Waals surface area (Å²) in [5.74, 6) is 0. The van der Waals surface area contributed by atoms with Crippen LogP contribution >= 0.6 is 12.2 Å². The predicted octanol–water partition coefficient (Wildman–Crippen LogP) is 2.10. The first-order valence-corrected chi connectivity index (χ1v) is 7.27. The van der Waals surface area contributed by atoms with Crippen LogP contribution in [0.3, 0.4) is 0 Å². The van der Waals surface area contributed by atoms with Crippen molar-refractivity contribution < 1.29 is 0 Å². The molecule has 0 rings (SSSR count). The Morgan fingerprint density at radius 1 is 1.06 bits per heavy atom. The Labute approximate surface area is 112 Å². The van der Waals surface area contributed by atoms with E-state index in [9.17, 15) is 0 Å². The second-order valence-corrected chi connectivity index (χ2v) is 4.81. The fourth-order valence-electron chi connectivity index (χ4n) is 2.21. The molecule has 0 spiro atoms. The minimum atomic E-state index is 0.270. The zero-order valence-corrected chi connectivity index (χ0v) is 12.7. The van der Waals surface area contributed by atoms with Crippen LogP contribution in [0.4, 0.5) is 0 Å². The summed E-state index contributed by atoms with van der Waals surface area (Å²) in [5.41, 5.74) is 5.79. The Balaban J connectivity index is 4.08. The van der Waals surface area contributed by atoms with Crippen molar-refractivity contribution in [3.05, 3.63) is 0 Å². The summed E-state index contributed by atoms with van der Waals surface area (Å²) in [6.07, 6.45) is 2.20. The molecular formula is C13H29N3S. The first-order valence-electron chi connectivity index (χ1n) is 6.86. The molecule has 1 atom stereocenters. The van der Waals surface area contributed by atoms with E-state index in [0.717, 1.165) is 39.1 Å². The average molecular weight is 259 g/mol. The summed E-state index contributed by atoms with van der Waals surface area (Å²) in [5, 5.41) is 0. The van der Waals surface area contributed by atoms with Crippen molar-refractivity contribution in [1.29, 1.82) is 0 Å². The van der Waals surface area contributed by atoms with E-state index in [1.807, 2.05) is 0 Å². The van der Waals surface area contributed by atoms with E-state index in [-0.39, 0.29) is 6.04 Å². The van der Waals surface area contributed by atoms with Crippen LogP contribution in [-0.4, -0.2) is 53.6 Å². The molecule has 0 amide bonds. The second kappa shape index (κ2) is 9.80. The van der Waals surface area contributed by atoms with Crippen molar-refractivity contribution in [2.45, 2.75) is 46.6 Å². The van der Waals surface area contributed by atoms with Crippen molar-refractivity contribution in [3.63, 3.8) is 0 Å². The number of hydrogen-bond acceptors (Lipinski definition) is 3. The molecule has 0 heterocycles. The highest BCUT2D eigenvalue weighted by molar-refractivity contribution is 7.80. The third-order valence-corrected chi connectivity index (χ3v) is 3.65. The number of thiocarbonyl (C=S) groups is 1. The number of nitrogens with zero attached hydrogens (tertiary/aromatic N) is 2. The maximum absolute atomic E-state index is 5.79. The molecule has 0 fully saturated rings. The molecule has 0 aromatic carbocycles. The normalized spacial score (nSPS) is 13.3. The van der Waals surface area contributed by atoms with E-state index in [1.54, 1.807) is 0 Å². The topological polar surface area (TPSA) is 32.5 Å². The minimum absolute atomic E-state index is 0.270. The Morgan fingerprint density at radius 3 is 2.00 bits per heavy atom. The maximum atomic E-state index is 5.79. The van der Waals surface area contributed by atoms with E-state index in [4.69, 9.17) is 18.0 Å². The van der Waals surface area contributed by atoms with Gasteiger partial charge < -0.3 is 10.6 Å². The minimum Gasteiger partial charge on any atom is -0.392 e. The van der Waals surface area contributed by atoms with Gasteiger partial charge in [-0.25, -0.2) is 0 Å². The molecule has 2 N–H and O–H groups in total. The smallest absolute Gasteiger partial charge is 0.0901 e. The second-order valence-electron chi connectivity index (χ2n) is 4.34. The van der Waals surface area contributed by atoms with E-state index in [0.29, 0.717) is 4.99 Å². The maximum Gasteiger partial charge on any atom is 0.0901 e. The van der Waals surface area contributed by atoms with Gasteiger partial charge >= 0.3 is 0 Å². The number of rotatable bonds is 10. The lowest BCUT2D eigenvalue weighted by Gasteiger charge is -2.30. The highest BCUT2D eigenvalue weighted by atomic mass is 32.1. The van der Waals surface area contributed by atoms with Gasteiger partial charge in [-0.1, -0.05) is 39.9 Å². The van der Waals surface area contributed by atoms with Gasteiger partial charge in [-0.15, -0.1) is 0 Å². The van der Waals surface area contributed by atoms with Gasteiger partial charge in [0.25, 0.3) is 0 Å². The molecule has 3 nitrogen and oxygen atoms in total. The third-order valence-electron chi connectivity index (χ3n) is 3.38. The molecular weight excluding hydrogens is 230 g/mol. The summed E-state index contributed by atoms with van der Waals surface area (Å²) in [6, 6.07) is 0.270. The lowest BCUT2D eigenvalue weighted by Crippen LogP contribution is -2.44. The van der Waals surface area contributed by atoms with E-state index >= 15 is 0 Å². The third kappa shape index (κ3) is 6.34. The van der Waals surface area contributed by atoms with Crippen molar-refractivity contribution in [1.82, 2.24) is 9.80 Å². The van der Waals surface area contributed by atoms with Crippen molar-refractivity contribution >= 4 is 17.2 Å². The average Bonchev–Trinajstić information content (AvgIpc) is 2.32. The Kier molecular flexibility index (Phi) is 9.69. The van der Waals surface area contributed by atoms with Gasteiger partial charge in [-0.3, -0.25) is 4.90 Å². The predicted molar refractivity (Wildman–Crippen MR) is 80.5 cm³/mol. The van der Waals surface area contributed by atoms with Crippen molar-refractivity contribution in [2.75, 3.05) is 32.7 Å². The first kappa shape index (κ1) is 16.8. The van der Waals surface area contributed by atoms with Gasteiger partial charge in [-0.2, -0.15) is 0 Å². The van der Waals surface area contributed by atoms with Gasteiger partial charge in [0.2, 0.25) is 0 Å².